The summed E-state index contributed by atoms with van der Waals surface area (Å²) in [6.45, 7) is 2.44. The van der Waals surface area contributed by atoms with Gasteiger partial charge in [-0.05, 0) is 79.8 Å². The van der Waals surface area contributed by atoms with Crippen molar-refractivity contribution in [2.45, 2.75) is 77.6 Å². The highest BCUT2D eigenvalue weighted by molar-refractivity contribution is 5.88. The number of hydrogen-bond acceptors (Lipinski definition) is 2. The monoisotopic (exact) mass is 324 g/mol. The van der Waals surface area contributed by atoms with Gasteiger partial charge < -0.3 is 0 Å². The van der Waals surface area contributed by atoms with Crippen molar-refractivity contribution < 1.29 is 9.59 Å². The highest BCUT2D eigenvalue weighted by atomic mass is 16.1. The fourth-order valence-corrected chi connectivity index (χ4v) is 7.34. The van der Waals surface area contributed by atoms with Crippen molar-refractivity contribution >= 4 is 11.6 Å². The van der Waals surface area contributed by atoms with Crippen LogP contribution in [0.25, 0.3) is 0 Å². The Bertz CT molecular complexity index is 697. The van der Waals surface area contributed by atoms with Gasteiger partial charge in [-0.15, -0.1) is 0 Å². The maximum Gasteiger partial charge on any atom is 0.139 e. The van der Waals surface area contributed by atoms with Crippen LogP contribution in [-0.2, 0) is 9.59 Å². The molecule has 0 bridgehead atoms. The van der Waals surface area contributed by atoms with E-state index >= 15 is 0 Å². The third-order valence-electron chi connectivity index (χ3n) is 8.56. The zero-order valence-corrected chi connectivity index (χ0v) is 14.8. The Morgan fingerprint density at radius 2 is 1.92 bits per heavy atom. The van der Waals surface area contributed by atoms with E-state index < -0.39 is 0 Å². The van der Waals surface area contributed by atoms with Crippen molar-refractivity contribution in [3.05, 3.63) is 22.8 Å². The van der Waals surface area contributed by atoms with Crippen molar-refractivity contribution in [1.82, 2.24) is 0 Å². The van der Waals surface area contributed by atoms with Gasteiger partial charge in [-0.3, -0.25) is 9.59 Å². The molecule has 0 aromatic heterocycles. The molecule has 5 rings (SSSR count). The van der Waals surface area contributed by atoms with Gasteiger partial charge in [-0.25, -0.2) is 0 Å². The molecule has 4 atom stereocenters. The largest absolute Gasteiger partial charge is 0.299 e. The molecule has 0 aromatic rings. The average Bonchev–Trinajstić information content (AvgIpc) is 3.09. The van der Waals surface area contributed by atoms with Gasteiger partial charge in [0.2, 0.25) is 0 Å². The molecular weight excluding hydrogens is 296 g/mol. The molecule has 5 aliphatic rings. The molecular formula is C22H28O2. The number of hydrogen-bond donors (Lipinski definition) is 0. The molecule has 0 heterocycles. The van der Waals surface area contributed by atoms with E-state index in [-0.39, 0.29) is 10.8 Å². The number of carbonyl (C=O) groups is 2. The molecule has 0 aromatic carbocycles. The Morgan fingerprint density at radius 3 is 2.71 bits per heavy atom. The summed E-state index contributed by atoms with van der Waals surface area (Å²) in [5.41, 5.74) is 4.77. The van der Waals surface area contributed by atoms with Crippen molar-refractivity contribution in [2.75, 3.05) is 0 Å². The standard InChI is InChI=1S/C22H28O2/c1-21-11-8-17-16-7-5-15(23)13-14(16)4-6-18(17)19(21)9-12-22(21)10-2-3-20(22)24/h8,18-19H,2-7,9-13H2,1H3/t18-,19+,21+,22+/m1/s1. The Morgan fingerprint density at radius 1 is 1.04 bits per heavy atom. The van der Waals surface area contributed by atoms with E-state index in [1.807, 2.05) is 0 Å². The third-order valence-corrected chi connectivity index (χ3v) is 8.56. The SMILES string of the molecule is C[C@]12CC=C3C4=C(CC[C@H]3[C@@H]1CC[C@]21CCCC1=O)CC(=O)CC4. The molecule has 128 valence electrons. The summed E-state index contributed by atoms with van der Waals surface area (Å²) < 4.78 is 0. The van der Waals surface area contributed by atoms with E-state index in [1.54, 1.807) is 11.1 Å². The minimum atomic E-state index is -0.00309. The lowest BCUT2D eigenvalue weighted by Crippen LogP contribution is -2.46. The summed E-state index contributed by atoms with van der Waals surface area (Å²) in [5, 5.41) is 0. The number of ketones is 2. The Balaban J connectivity index is 1.55. The molecule has 5 aliphatic carbocycles. The van der Waals surface area contributed by atoms with Crippen LogP contribution in [0, 0.1) is 22.7 Å². The van der Waals surface area contributed by atoms with Gasteiger partial charge in [0.05, 0.1) is 0 Å². The Labute approximate surface area is 144 Å². The maximum atomic E-state index is 12.8. The van der Waals surface area contributed by atoms with E-state index in [1.165, 1.54) is 18.4 Å². The molecule has 1 spiro atoms. The lowest BCUT2D eigenvalue weighted by atomic mass is 9.52. The van der Waals surface area contributed by atoms with E-state index in [2.05, 4.69) is 13.0 Å². The maximum absolute atomic E-state index is 12.8. The first-order valence-corrected chi connectivity index (χ1v) is 10.0. The van der Waals surface area contributed by atoms with Crippen molar-refractivity contribution in [1.29, 1.82) is 0 Å². The lowest BCUT2D eigenvalue weighted by Gasteiger charge is -2.51. The molecule has 0 N–H and O–H groups in total. The first kappa shape index (κ1) is 15.1. The molecule has 2 saturated carbocycles. The number of Topliss-reactive ketones (excluding diaryl/α,β-unsaturated/α-hetero) is 2. The van der Waals surface area contributed by atoms with Crippen LogP contribution >= 0.6 is 0 Å². The van der Waals surface area contributed by atoms with Crippen LogP contribution < -0.4 is 0 Å². The molecule has 2 nitrogen and oxygen atoms in total. The van der Waals surface area contributed by atoms with E-state index in [0.717, 1.165) is 51.4 Å². The Hall–Kier alpha value is -1.18. The van der Waals surface area contributed by atoms with Gasteiger partial charge in [0, 0.05) is 24.7 Å². The van der Waals surface area contributed by atoms with Crippen LogP contribution in [0.1, 0.15) is 77.6 Å². The van der Waals surface area contributed by atoms with Gasteiger partial charge >= 0.3 is 0 Å². The second kappa shape index (κ2) is 4.93. The minimum absolute atomic E-state index is 0.00309. The van der Waals surface area contributed by atoms with Gasteiger partial charge in [-0.1, -0.05) is 18.6 Å². The zero-order chi connectivity index (χ0) is 16.5. The second-order valence-corrected chi connectivity index (χ2v) is 9.23. The smallest absolute Gasteiger partial charge is 0.139 e. The number of carbonyl (C=O) groups excluding carboxylic acids is 2. The summed E-state index contributed by atoms with van der Waals surface area (Å²) in [6.07, 6.45) is 13.8. The number of rotatable bonds is 0. The van der Waals surface area contributed by atoms with Crippen LogP contribution in [0.3, 0.4) is 0 Å². The quantitative estimate of drug-likeness (QED) is 0.633. The molecule has 0 radical (unpaired) electrons. The zero-order valence-electron chi connectivity index (χ0n) is 14.8. The highest BCUT2D eigenvalue weighted by Crippen LogP contribution is 2.69. The summed E-state index contributed by atoms with van der Waals surface area (Å²) in [6, 6.07) is 0. The summed E-state index contributed by atoms with van der Waals surface area (Å²) in [4.78, 5) is 24.6. The molecule has 2 fully saturated rings. The van der Waals surface area contributed by atoms with Crippen molar-refractivity contribution in [3.63, 3.8) is 0 Å². The minimum Gasteiger partial charge on any atom is -0.299 e. The molecule has 2 heteroatoms. The third kappa shape index (κ3) is 1.73. The second-order valence-electron chi connectivity index (χ2n) is 9.23. The van der Waals surface area contributed by atoms with Crippen LogP contribution in [0.4, 0.5) is 0 Å². The predicted molar refractivity (Wildman–Crippen MR) is 93.4 cm³/mol. The molecule has 0 amide bonds. The van der Waals surface area contributed by atoms with Crippen LogP contribution in [-0.4, -0.2) is 11.6 Å². The first-order chi connectivity index (χ1) is 11.6. The van der Waals surface area contributed by atoms with Gasteiger partial charge in [0.1, 0.15) is 11.6 Å². The van der Waals surface area contributed by atoms with Crippen LogP contribution in [0.15, 0.2) is 22.8 Å². The molecule has 0 unspecified atom stereocenters. The van der Waals surface area contributed by atoms with Crippen molar-refractivity contribution in [3.8, 4) is 0 Å². The lowest BCUT2D eigenvalue weighted by molar-refractivity contribution is -0.133. The fraction of sp³-hybridized carbons (Fsp3) is 0.727. The van der Waals surface area contributed by atoms with Crippen LogP contribution in [0.5, 0.6) is 0 Å². The normalized spacial score (nSPS) is 44.5. The average molecular weight is 324 g/mol. The van der Waals surface area contributed by atoms with E-state index in [0.29, 0.717) is 29.8 Å². The topological polar surface area (TPSA) is 34.1 Å². The first-order valence-electron chi connectivity index (χ1n) is 10.0. The molecule has 24 heavy (non-hydrogen) atoms. The number of allylic oxidation sites excluding steroid dienone is 4. The van der Waals surface area contributed by atoms with E-state index in [9.17, 15) is 9.59 Å². The van der Waals surface area contributed by atoms with Gasteiger partial charge in [0.25, 0.3) is 0 Å². The summed E-state index contributed by atoms with van der Waals surface area (Å²) in [5.74, 6) is 2.35. The molecule has 0 saturated heterocycles. The highest BCUT2D eigenvalue weighted by Gasteiger charge is 2.64. The number of fused-ring (bicyclic) bond motifs is 5. The summed E-state index contributed by atoms with van der Waals surface area (Å²) >= 11 is 0. The van der Waals surface area contributed by atoms with E-state index in [4.69, 9.17) is 0 Å². The van der Waals surface area contributed by atoms with Crippen LogP contribution in [0.2, 0.25) is 0 Å². The Kier molecular flexibility index (Phi) is 3.10. The van der Waals surface area contributed by atoms with Crippen molar-refractivity contribution in [2.24, 2.45) is 22.7 Å². The predicted octanol–water partition coefficient (Wildman–Crippen LogP) is 4.93. The van der Waals surface area contributed by atoms with Gasteiger partial charge in [-0.2, -0.15) is 0 Å². The van der Waals surface area contributed by atoms with Gasteiger partial charge in [0.15, 0.2) is 0 Å². The fourth-order valence-electron chi connectivity index (χ4n) is 7.34. The molecule has 0 aliphatic heterocycles. The summed E-state index contributed by atoms with van der Waals surface area (Å²) in [7, 11) is 0.